The van der Waals surface area contributed by atoms with E-state index >= 15 is 0 Å². The Morgan fingerprint density at radius 3 is 2.61 bits per heavy atom. The van der Waals surface area contributed by atoms with Crippen molar-refractivity contribution in [1.29, 1.82) is 0 Å². The second-order valence-corrected chi connectivity index (χ2v) is 8.16. The zero-order valence-corrected chi connectivity index (χ0v) is 18.0. The summed E-state index contributed by atoms with van der Waals surface area (Å²) in [6.45, 7) is 3.22. The lowest BCUT2D eigenvalue weighted by atomic mass is 10.1. The van der Waals surface area contributed by atoms with Gasteiger partial charge in [0.15, 0.2) is 6.61 Å². The molecule has 0 radical (unpaired) electrons. The van der Waals surface area contributed by atoms with Gasteiger partial charge < -0.3 is 19.6 Å². The Balaban J connectivity index is 1.62. The van der Waals surface area contributed by atoms with Crippen LogP contribution in [0.4, 0.5) is 0 Å². The number of carbonyl (C=O) groups is 2. The highest BCUT2D eigenvalue weighted by Crippen LogP contribution is 2.29. The molecule has 0 bridgehead atoms. The molecule has 1 atom stereocenters. The molecule has 0 unspecified atom stereocenters. The van der Waals surface area contributed by atoms with Crippen LogP contribution >= 0.6 is 11.8 Å². The Hall–Kier alpha value is -3.26. The smallest absolute Gasteiger partial charge is 0.336 e. The molecule has 0 spiro atoms. The molecule has 8 heteroatoms. The zero-order valence-electron chi connectivity index (χ0n) is 17.2. The van der Waals surface area contributed by atoms with Crippen molar-refractivity contribution in [1.82, 2.24) is 5.32 Å². The molecule has 0 saturated heterocycles. The van der Waals surface area contributed by atoms with Crippen LogP contribution in [0.15, 0.2) is 57.7 Å². The summed E-state index contributed by atoms with van der Waals surface area (Å²) in [6, 6.07) is 13.5. The third-order valence-corrected chi connectivity index (χ3v) is 5.64. The van der Waals surface area contributed by atoms with Gasteiger partial charge in [-0.15, -0.1) is 0 Å². The molecule has 0 aliphatic heterocycles. The summed E-state index contributed by atoms with van der Waals surface area (Å²) in [5.41, 5.74) is 2.47. The van der Waals surface area contributed by atoms with E-state index in [1.54, 1.807) is 19.1 Å². The van der Waals surface area contributed by atoms with Gasteiger partial charge in [-0.2, -0.15) is 11.8 Å². The first-order valence-corrected chi connectivity index (χ1v) is 10.8. The van der Waals surface area contributed by atoms with E-state index in [2.05, 4.69) is 5.32 Å². The van der Waals surface area contributed by atoms with Crippen LogP contribution in [0.5, 0.6) is 5.75 Å². The Kier molecular flexibility index (Phi) is 7.36. The minimum atomic E-state index is -1.10. The van der Waals surface area contributed by atoms with Crippen molar-refractivity contribution in [2.45, 2.75) is 25.6 Å². The van der Waals surface area contributed by atoms with E-state index in [9.17, 15) is 19.5 Å². The zero-order chi connectivity index (χ0) is 22.4. The maximum Gasteiger partial charge on any atom is 0.336 e. The number of aliphatic carboxylic acids is 1. The molecule has 1 amide bonds. The minimum absolute atomic E-state index is 0.230. The van der Waals surface area contributed by atoms with Crippen molar-refractivity contribution in [3.05, 3.63) is 75.6 Å². The third-order valence-electron chi connectivity index (χ3n) is 4.54. The number of carboxylic acid groups (broad SMARTS) is 1. The number of carboxylic acids is 1. The lowest BCUT2D eigenvalue weighted by Gasteiger charge is -2.15. The summed E-state index contributed by atoms with van der Waals surface area (Å²) >= 11 is 1.43. The number of hydrogen-bond donors (Lipinski definition) is 2. The number of thioether (sulfide) groups is 1. The van der Waals surface area contributed by atoms with Crippen LogP contribution in [0.25, 0.3) is 11.0 Å². The van der Waals surface area contributed by atoms with Crippen molar-refractivity contribution >= 4 is 34.6 Å². The molecule has 3 rings (SSSR count). The van der Waals surface area contributed by atoms with Gasteiger partial charge in [-0.3, -0.25) is 4.79 Å². The van der Waals surface area contributed by atoms with Crippen molar-refractivity contribution in [3.63, 3.8) is 0 Å². The van der Waals surface area contributed by atoms with Gasteiger partial charge >= 0.3 is 11.6 Å². The highest BCUT2D eigenvalue weighted by atomic mass is 32.2. The second-order valence-electron chi connectivity index (χ2n) is 7.13. The van der Waals surface area contributed by atoms with Gasteiger partial charge in [0.25, 0.3) is 5.91 Å². The predicted octanol–water partition coefficient (Wildman–Crippen LogP) is 3.29. The molecule has 3 aromatic rings. The topological polar surface area (TPSA) is 106 Å². The van der Waals surface area contributed by atoms with Gasteiger partial charge in [-0.05, 0) is 42.7 Å². The maximum absolute atomic E-state index is 12.3. The summed E-state index contributed by atoms with van der Waals surface area (Å²) in [6.07, 6.45) is 0. The molecule has 2 aromatic carbocycles. The summed E-state index contributed by atoms with van der Waals surface area (Å²) < 4.78 is 10.9. The summed E-state index contributed by atoms with van der Waals surface area (Å²) in [5.74, 6) is -0.369. The van der Waals surface area contributed by atoms with Gasteiger partial charge in [0.1, 0.15) is 17.4 Å². The van der Waals surface area contributed by atoms with Crippen LogP contribution in [-0.4, -0.2) is 35.4 Å². The molecule has 0 saturated carbocycles. The summed E-state index contributed by atoms with van der Waals surface area (Å²) in [4.78, 5) is 35.5. The largest absolute Gasteiger partial charge is 0.483 e. The molecular formula is C23H23NO6S. The second kappa shape index (κ2) is 10.2. The standard InChI is InChI=1S/C23H23NO6S/c1-14-8-18(22-15(2)10-21(26)30-19(22)9-14)29-11-20(25)24-17(23(27)28)13-31-12-16-6-4-3-5-7-16/h3-10,17H,11-13H2,1-2H3,(H,24,25)(H,27,28)/t17-/m0/s1. The average Bonchev–Trinajstić information content (AvgIpc) is 2.71. The molecule has 0 aliphatic rings. The maximum atomic E-state index is 12.3. The third kappa shape index (κ3) is 6.11. The number of carbonyl (C=O) groups excluding carboxylic acids is 1. The lowest BCUT2D eigenvalue weighted by Crippen LogP contribution is -2.44. The van der Waals surface area contributed by atoms with Crippen LogP contribution < -0.4 is 15.7 Å². The first kappa shape index (κ1) is 22.4. The Labute approximate surface area is 183 Å². The van der Waals surface area contributed by atoms with Gasteiger partial charge in [-0.1, -0.05) is 30.3 Å². The molecule has 2 N–H and O–H groups in total. The van der Waals surface area contributed by atoms with Crippen LogP contribution in [0.1, 0.15) is 16.7 Å². The molecule has 1 heterocycles. The fourth-order valence-corrected chi connectivity index (χ4v) is 4.12. The molecule has 1 aromatic heterocycles. The quantitative estimate of drug-likeness (QED) is 0.491. The number of nitrogens with one attached hydrogen (secondary N) is 1. The number of rotatable bonds is 9. The normalized spacial score (nSPS) is 11.8. The SMILES string of the molecule is Cc1cc(OCC(=O)N[C@@H](CSCc2ccccc2)C(=O)O)c2c(C)cc(=O)oc2c1. The number of aryl methyl sites for hydroxylation is 2. The van der Waals surface area contributed by atoms with E-state index in [0.717, 1.165) is 11.1 Å². The highest BCUT2D eigenvalue weighted by Gasteiger charge is 2.20. The number of amides is 1. The highest BCUT2D eigenvalue weighted by molar-refractivity contribution is 7.98. The molecular weight excluding hydrogens is 418 g/mol. The van der Waals surface area contributed by atoms with Gasteiger partial charge in [-0.25, -0.2) is 9.59 Å². The number of benzene rings is 2. The number of ether oxygens (including phenoxy) is 1. The van der Waals surface area contributed by atoms with Gasteiger partial charge in [0.05, 0.1) is 5.39 Å². The lowest BCUT2D eigenvalue weighted by molar-refractivity contribution is -0.141. The monoisotopic (exact) mass is 441 g/mol. The van der Waals surface area contributed by atoms with E-state index < -0.39 is 23.5 Å². The summed E-state index contributed by atoms with van der Waals surface area (Å²) in [7, 11) is 0. The Bertz CT molecular complexity index is 1140. The molecule has 162 valence electrons. The fraction of sp³-hybridized carbons (Fsp3) is 0.261. The van der Waals surface area contributed by atoms with E-state index in [1.165, 1.54) is 17.8 Å². The fourth-order valence-electron chi connectivity index (χ4n) is 3.11. The van der Waals surface area contributed by atoms with Crippen molar-refractivity contribution in [2.24, 2.45) is 0 Å². The van der Waals surface area contributed by atoms with Crippen LogP contribution in [-0.2, 0) is 15.3 Å². The first-order valence-electron chi connectivity index (χ1n) is 9.65. The summed E-state index contributed by atoms with van der Waals surface area (Å²) in [5, 5.41) is 12.5. The number of hydrogen-bond acceptors (Lipinski definition) is 6. The Morgan fingerprint density at radius 1 is 1.16 bits per heavy atom. The average molecular weight is 442 g/mol. The van der Waals surface area contributed by atoms with Crippen LogP contribution in [0.2, 0.25) is 0 Å². The Morgan fingerprint density at radius 2 is 1.90 bits per heavy atom. The van der Waals surface area contributed by atoms with E-state index in [-0.39, 0.29) is 12.4 Å². The van der Waals surface area contributed by atoms with E-state index in [1.807, 2.05) is 37.3 Å². The molecule has 0 aliphatic carbocycles. The van der Waals surface area contributed by atoms with Crippen molar-refractivity contribution in [2.75, 3.05) is 12.4 Å². The predicted molar refractivity (Wildman–Crippen MR) is 120 cm³/mol. The molecule has 31 heavy (non-hydrogen) atoms. The molecule has 7 nitrogen and oxygen atoms in total. The van der Waals surface area contributed by atoms with Crippen molar-refractivity contribution < 1.29 is 23.8 Å². The van der Waals surface area contributed by atoms with Crippen LogP contribution in [0, 0.1) is 13.8 Å². The van der Waals surface area contributed by atoms with Crippen LogP contribution in [0.3, 0.4) is 0 Å². The minimum Gasteiger partial charge on any atom is -0.483 e. The first-order chi connectivity index (χ1) is 14.8. The van der Waals surface area contributed by atoms with Gasteiger partial charge in [0, 0.05) is 17.6 Å². The van der Waals surface area contributed by atoms with Gasteiger partial charge in [0.2, 0.25) is 0 Å². The van der Waals surface area contributed by atoms with Crippen molar-refractivity contribution in [3.8, 4) is 5.75 Å². The van der Waals surface area contributed by atoms with E-state index in [4.69, 9.17) is 9.15 Å². The van der Waals surface area contributed by atoms with E-state index in [0.29, 0.717) is 28.0 Å². The number of fused-ring (bicyclic) bond motifs is 1. The molecule has 0 fully saturated rings.